The van der Waals surface area contributed by atoms with Gasteiger partial charge in [0.25, 0.3) is 0 Å². The molecule has 6 aliphatic rings. The van der Waals surface area contributed by atoms with Crippen LogP contribution in [-0.4, -0.2) is 134 Å². The first kappa shape index (κ1) is 47.1. The minimum absolute atomic E-state index is 0.153. The summed E-state index contributed by atoms with van der Waals surface area (Å²) in [5.74, 6) is -1.70. The molecule has 16 heteroatoms. The number of benzene rings is 3. The van der Waals surface area contributed by atoms with Crippen molar-refractivity contribution in [1.82, 2.24) is 20.1 Å². The van der Waals surface area contributed by atoms with Crippen LogP contribution in [0.4, 0.5) is 16.2 Å². The van der Waals surface area contributed by atoms with Crippen LogP contribution in [-0.2, 0) is 45.8 Å². The van der Waals surface area contributed by atoms with Gasteiger partial charge in [-0.2, -0.15) is 0 Å². The molecule has 0 radical (unpaired) electrons. The minimum atomic E-state index is -2.34. The maximum atomic E-state index is 15.7. The number of para-hydroxylation sites is 1. The van der Waals surface area contributed by atoms with Gasteiger partial charge in [-0.15, -0.1) is 0 Å². The first-order valence-corrected chi connectivity index (χ1v) is 24.6. The van der Waals surface area contributed by atoms with Crippen LogP contribution in [0.2, 0.25) is 5.02 Å². The Bertz CT molecular complexity index is 2760. The third-order valence-electron chi connectivity index (χ3n) is 17.1. The number of aromatic amines is 1. The molecule has 2 amide bonds. The molecule has 10 atom stereocenters. The van der Waals surface area contributed by atoms with E-state index < -0.39 is 57.4 Å². The normalized spacial score (nSPS) is 33.1. The monoisotopic (exact) mass is 962 g/mol. The van der Waals surface area contributed by atoms with Crippen molar-refractivity contribution in [2.45, 2.75) is 99.5 Å². The summed E-state index contributed by atoms with van der Waals surface area (Å²) in [7, 11) is 6.14. The van der Waals surface area contributed by atoms with Crippen LogP contribution < -0.4 is 20.3 Å². The maximum absolute atomic E-state index is 15.7. The zero-order valence-corrected chi connectivity index (χ0v) is 41.2. The van der Waals surface area contributed by atoms with E-state index in [9.17, 15) is 19.5 Å². The zero-order valence-electron chi connectivity index (χ0n) is 40.4. The predicted molar refractivity (Wildman–Crippen MR) is 262 cm³/mol. The van der Waals surface area contributed by atoms with Gasteiger partial charge in [-0.25, -0.2) is 9.59 Å². The summed E-state index contributed by atoms with van der Waals surface area (Å²) < 4.78 is 24.2. The maximum Gasteiger partial charge on any atom is 0.344 e. The van der Waals surface area contributed by atoms with Gasteiger partial charge in [-0.3, -0.25) is 14.5 Å². The van der Waals surface area contributed by atoms with Crippen molar-refractivity contribution in [2.24, 2.45) is 11.3 Å². The number of piperidine rings is 1. The smallest absolute Gasteiger partial charge is 0.344 e. The van der Waals surface area contributed by atoms with Crippen LogP contribution >= 0.6 is 11.6 Å². The van der Waals surface area contributed by atoms with Crippen molar-refractivity contribution >= 4 is 57.8 Å². The van der Waals surface area contributed by atoms with E-state index in [0.717, 1.165) is 33.4 Å². The quantitative estimate of drug-likeness (QED) is 0.0819. The molecule has 2 bridgehead atoms. The number of H-pyrrole nitrogens is 1. The molecular formula is C53H63ClN6O9. The summed E-state index contributed by atoms with van der Waals surface area (Å²) in [5, 5.41) is 21.4. The Morgan fingerprint density at radius 3 is 2.38 bits per heavy atom. The standard InChI is InChI=1S/C53H63ClN6O9/c1-8-49(57-48(64)55-34-17-15-33(54)16-18-34)27-32-28-52(46(62)67-6,42-36(19-23-59(29-32)30-49)35-13-10-11-14-39(35)56-42)38-25-37-40(26-41(38)66-5)58(4)44-51(37)21-24-60-22-12-20-50(9-2,43(51)60)45(69-31(3)61)53(44,65)47(63)68-7/h10-18,20,25-26,32,43-45,56,65H,8-9,19,21-24,27-30H2,1-7H3,(H2,55,57,64)/t32-,43+,44-,45-,49+,50-,51-,52+,53+/m1/s1. The Hall–Kier alpha value is -5.61. The van der Waals surface area contributed by atoms with Crippen LogP contribution in [0, 0.1) is 11.3 Å². The van der Waals surface area contributed by atoms with E-state index in [0.29, 0.717) is 86.9 Å². The van der Waals surface area contributed by atoms with Gasteiger partial charge in [0.2, 0.25) is 5.60 Å². The highest BCUT2D eigenvalue weighted by molar-refractivity contribution is 6.30. The number of urea groups is 1. The fourth-order valence-electron chi connectivity index (χ4n) is 14.6. The number of ether oxygens (including phenoxy) is 4. The van der Waals surface area contributed by atoms with E-state index in [-0.39, 0.29) is 24.4 Å². The summed E-state index contributed by atoms with van der Waals surface area (Å²) in [4.78, 5) is 67.8. The highest BCUT2D eigenvalue weighted by atomic mass is 35.5. The number of amides is 2. The van der Waals surface area contributed by atoms with Crippen molar-refractivity contribution in [1.29, 1.82) is 0 Å². The number of nitrogens with one attached hydrogen (secondary N) is 3. The van der Waals surface area contributed by atoms with Gasteiger partial charge >= 0.3 is 23.9 Å². The number of esters is 3. The Labute approximate surface area is 407 Å². The molecule has 5 aliphatic heterocycles. The van der Waals surface area contributed by atoms with Gasteiger partial charge in [0.15, 0.2) is 6.10 Å². The molecule has 3 fully saturated rings. The molecule has 3 aromatic carbocycles. The Morgan fingerprint density at radius 1 is 0.928 bits per heavy atom. The third kappa shape index (κ3) is 6.77. The lowest BCUT2D eigenvalue weighted by Gasteiger charge is -2.63. The molecule has 1 unspecified atom stereocenters. The van der Waals surface area contributed by atoms with Crippen molar-refractivity contribution in [2.75, 3.05) is 71.3 Å². The second kappa shape index (κ2) is 17.1. The third-order valence-corrected chi connectivity index (χ3v) is 17.4. The molecule has 4 N–H and O–H groups in total. The lowest BCUT2D eigenvalue weighted by molar-refractivity contribution is -0.228. The van der Waals surface area contributed by atoms with Crippen LogP contribution in [0.5, 0.6) is 5.75 Å². The van der Waals surface area contributed by atoms with Crippen molar-refractivity contribution in [3.63, 3.8) is 0 Å². The number of halogens is 1. The van der Waals surface area contributed by atoms with E-state index in [2.05, 4.69) is 44.5 Å². The minimum Gasteiger partial charge on any atom is -0.496 e. The second-order valence-electron chi connectivity index (χ2n) is 20.3. The molecule has 15 nitrogen and oxygen atoms in total. The first-order chi connectivity index (χ1) is 33.1. The predicted octanol–water partition coefficient (Wildman–Crippen LogP) is 6.47. The number of fused-ring (bicyclic) bond motifs is 6. The number of likely N-dealkylation sites (N-methyl/N-ethyl adjacent to an activating group) is 1. The number of aromatic nitrogens is 1. The number of carbonyl (C=O) groups excluding carboxylic acids is 4. The molecule has 2 saturated heterocycles. The highest BCUT2D eigenvalue weighted by Crippen LogP contribution is 2.68. The summed E-state index contributed by atoms with van der Waals surface area (Å²) >= 11 is 6.16. The number of hydrogen-bond donors (Lipinski definition) is 4. The number of hydrogen-bond acceptors (Lipinski definition) is 12. The Kier molecular flexibility index (Phi) is 11.6. The lowest BCUT2D eigenvalue weighted by atomic mass is 9.47. The van der Waals surface area contributed by atoms with Gasteiger partial charge in [0.1, 0.15) is 11.2 Å². The van der Waals surface area contributed by atoms with E-state index >= 15 is 4.79 Å². The van der Waals surface area contributed by atoms with Gasteiger partial charge in [-0.1, -0.05) is 55.8 Å². The van der Waals surface area contributed by atoms with Gasteiger partial charge in [0, 0.05) is 102 Å². The molecule has 6 heterocycles. The Balaban J connectivity index is 1.19. The van der Waals surface area contributed by atoms with Gasteiger partial charge < -0.3 is 49.5 Å². The molecule has 1 aromatic heterocycles. The van der Waals surface area contributed by atoms with Gasteiger partial charge in [-0.05, 0) is 98.5 Å². The van der Waals surface area contributed by atoms with Gasteiger partial charge in [0.05, 0.1) is 32.9 Å². The average Bonchev–Trinajstić information content (AvgIpc) is 4.01. The molecule has 10 rings (SSSR count). The van der Waals surface area contributed by atoms with E-state index in [1.54, 1.807) is 31.4 Å². The zero-order chi connectivity index (χ0) is 48.8. The van der Waals surface area contributed by atoms with Crippen LogP contribution in [0.1, 0.15) is 75.3 Å². The topological polar surface area (TPSA) is 175 Å². The number of nitrogens with zero attached hydrogens (tertiary/aromatic N) is 3. The fraction of sp³-hybridized carbons (Fsp3) is 0.509. The molecule has 1 aliphatic carbocycles. The molecular weight excluding hydrogens is 900 g/mol. The summed E-state index contributed by atoms with van der Waals surface area (Å²) in [6, 6.07) is 17.5. The van der Waals surface area contributed by atoms with E-state index in [1.165, 1.54) is 21.1 Å². The molecule has 4 aromatic rings. The first-order valence-electron chi connectivity index (χ1n) is 24.2. The second-order valence-corrected chi connectivity index (χ2v) is 20.8. The number of methoxy groups -OCH3 is 3. The fourth-order valence-corrected chi connectivity index (χ4v) is 14.8. The van der Waals surface area contributed by atoms with Crippen molar-refractivity contribution in [3.8, 4) is 5.75 Å². The molecule has 1 spiro atoms. The largest absolute Gasteiger partial charge is 0.496 e. The molecule has 366 valence electrons. The number of carbonyl (C=O) groups is 4. The van der Waals surface area contributed by atoms with Crippen molar-refractivity contribution in [3.05, 3.63) is 100 Å². The number of aliphatic hydroxyl groups is 1. The van der Waals surface area contributed by atoms with Crippen LogP contribution in [0.15, 0.2) is 72.8 Å². The van der Waals surface area contributed by atoms with Crippen molar-refractivity contribution < 1.29 is 43.2 Å². The van der Waals surface area contributed by atoms with Crippen LogP contribution in [0.25, 0.3) is 10.9 Å². The highest BCUT2D eigenvalue weighted by Gasteiger charge is 2.80. The molecule has 1 saturated carbocycles. The Morgan fingerprint density at radius 2 is 1.68 bits per heavy atom. The lowest BCUT2D eigenvalue weighted by Crippen LogP contribution is -2.81. The van der Waals surface area contributed by atoms with E-state index in [4.69, 9.17) is 30.5 Å². The average molecular weight is 964 g/mol. The van der Waals surface area contributed by atoms with Crippen LogP contribution in [0.3, 0.4) is 0 Å². The number of rotatable bonds is 9. The van der Waals surface area contributed by atoms with E-state index in [1.807, 2.05) is 55.3 Å². The summed E-state index contributed by atoms with van der Waals surface area (Å²) in [6.07, 6.45) is 5.87. The molecule has 69 heavy (non-hydrogen) atoms. The SMILES string of the molecule is CC[C@]1(NC(=O)Nc2ccc(Cl)cc2)C[C@H]2CN(CCc3c([nH]c4ccccc34)[C@@](C(=O)OC)(c3cc4c(cc3OC)N(C)[C@H]3[C@@](O)(C(=O)OC)[C@H](OC(C)=O)[C@]5(CC)C=CCN6CC[C@]43[C@@H]65)C2)C1. The summed E-state index contributed by atoms with van der Waals surface area (Å²) in [6.45, 7) is 8.60. The number of anilines is 2. The summed E-state index contributed by atoms with van der Waals surface area (Å²) in [5.41, 5.74) is -1.09.